The van der Waals surface area contributed by atoms with Gasteiger partial charge in [0.2, 0.25) is 11.6 Å². The second-order valence-corrected chi connectivity index (χ2v) is 7.95. The fraction of sp³-hybridized carbons (Fsp3) is 0.192. The van der Waals surface area contributed by atoms with Crippen LogP contribution in [0.1, 0.15) is 16.1 Å². The number of amides is 1. The second kappa shape index (κ2) is 9.16. The number of nitriles is 1. The van der Waals surface area contributed by atoms with Crippen molar-refractivity contribution in [3.63, 3.8) is 0 Å². The third kappa shape index (κ3) is 3.99. The molecule has 0 atom stereocenters. The average molecular weight is 454 g/mol. The Bertz CT molecular complexity index is 1320. The maximum Gasteiger partial charge on any atom is 0.266 e. The van der Waals surface area contributed by atoms with E-state index in [9.17, 15) is 10.1 Å². The first kappa shape index (κ1) is 21.3. The normalized spacial score (nSPS) is 13.5. The monoisotopic (exact) mass is 453 g/mol. The number of oxazole rings is 1. The highest BCUT2D eigenvalue weighted by Crippen LogP contribution is 2.31. The minimum absolute atomic E-state index is 0.0209. The van der Waals surface area contributed by atoms with Gasteiger partial charge in [0.1, 0.15) is 6.07 Å². The Labute approximate surface area is 197 Å². The highest BCUT2D eigenvalue weighted by molar-refractivity contribution is 6.00. The van der Waals surface area contributed by atoms with Crippen molar-refractivity contribution < 1.29 is 13.6 Å². The lowest BCUT2D eigenvalue weighted by molar-refractivity contribution is 0.0746. The van der Waals surface area contributed by atoms with Gasteiger partial charge in [-0.15, -0.1) is 0 Å². The lowest BCUT2D eigenvalue weighted by atomic mass is 10.1. The van der Waals surface area contributed by atoms with E-state index < -0.39 is 0 Å². The highest BCUT2D eigenvalue weighted by Gasteiger charge is 2.28. The summed E-state index contributed by atoms with van der Waals surface area (Å²) in [6.45, 7) is 2.07. The minimum atomic E-state index is -0.0209. The van der Waals surface area contributed by atoms with Gasteiger partial charge in [-0.25, -0.2) is 0 Å². The summed E-state index contributed by atoms with van der Waals surface area (Å²) < 4.78 is 11.2. The Morgan fingerprint density at radius 2 is 1.74 bits per heavy atom. The number of rotatable bonds is 5. The summed E-state index contributed by atoms with van der Waals surface area (Å²) in [6, 6.07) is 23.2. The summed E-state index contributed by atoms with van der Waals surface area (Å²) in [5, 5.41) is 9.53. The van der Waals surface area contributed by atoms with E-state index in [1.807, 2.05) is 76.3 Å². The third-order valence-corrected chi connectivity index (χ3v) is 5.94. The molecule has 0 saturated carbocycles. The van der Waals surface area contributed by atoms with Gasteiger partial charge in [0, 0.05) is 38.9 Å². The Morgan fingerprint density at radius 1 is 1.00 bits per heavy atom. The van der Waals surface area contributed by atoms with Crippen LogP contribution in [0.5, 0.6) is 0 Å². The molecule has 0 unspecified atom stereocenters. The fourth-order valence-corrected chi connectivity index (χ4v) is 4.13. The molecule has 1 amide bonds. The summed E-state index contributed by atoms with van der Waals surface area (Å²) in [4.78, 5) is 23.5. The van der Waals surface area contributed by atoms with Crippen LogP contribution in [-0.2, 0) is 0 Å². The largest absolute Gasteiger partial charge is 0.459 e. The van der Waals surface area contributed by atoms with E-state index in [4.69, 9.17) is 8.83 Å². The van der Waals surface area contributed by atoms with Crippen LogP contribution in [0.4, 0.5) is 17.3 Å². The number of benzene rings is 2. The minimum Gasteiger partial charge on any atom is -0.459 e. The van der Waals surface area contributed by atoms with Crippen molar-refractivity contribution in [2.75, 3.05) is 43.0 Å². The molecule has 34 heavy (non-hydrogen) atoms. The first-order valence-electron chi connectivity index (χ1n) is 11.0. The molecule has 2 aromatic heterocycles. The second-order valence-electron chi connectivity index (χ2n) is 7.95. The number of furan rings is 1. The summed E-state index contributed by atoms with van der Waals surface area (Å²) in [5.74, 6) is 1.13. The molecule has 1 saturated heterocycles. The van der Waals surface area contributed by atoms with Gasteiger partial charge in [-0.05, 0) is 36.4 Å². The molecule has 1 fully saturated rings. The van der Waals surface area contributed by atoms with E-state index >= 15 is 0 Å². The van der Waals surface area contributed by atoms with Gasteiger partial charge >= 0.3 is 0 Å². The van der Waals surface area contributed by atoms with Crippen LogP contribution in [-0.4, -0.2) is 49.0 Å². The van der Waals surface area contributed by atoms with E-state index in [2.05, 4.69) is 11.1 Å². The van der Waals surface area contributed by atoms with E-state index in [-0.39, 0.29) is 17.5 Å². The predicted octanol–water partition coefficient (Wildman–Crippen LogP) is 4.54. The SMILES string of the molecule is CN(c1ccccc1)c1ccccc1C(=O)N1CCN(c2oc(-c3ccco3)nc2C#N)CC1. The molecule has 5 rings (SSSR count). The van der Waals surface area contributed by atoms with Crippen molar-refractivity contribution in [2.24, 2.45) is 0 Å². The van der Waals surface area contributed by atoms with Crippen LogP contribution < -0.4 is 9.80 Å². The van der Waals surface area contributed by atoms with E-state index in [1.165, 1.54) is 6.26 Å². The van der Waals surface area contributed by atoms with E-state index in [0.29, 0.717) is 43.4 Å². The van der Waals surface area contributed by atoms with Gasteiger partial charge in [0.25, 0.3) is 11.8 Å². The summed E-state index contributed by atoms with van der Waals surface area (Å²) in [7, 11) is 1.96. The Balaban J connectivity index is 1.32. The fourth-order valence-electron chi connectivity index (χ4n) is 4.13. The number of carbonyl (C=O) groups is 1. The number of anilines is 3. The first-order chi connectivity index (χ1) is 16.7. The zero-order valence-electron chi connectivity index (χ0n) is 18.7. The van der Waals surface area contributed by atoms with Crippen molar-refractivity contribution in [1.82, 2.24) is 9.88 Å². The summed E-state index contributed by atoms with van der Waals surface area (Å²) in [5.41, 5.74) is 2.72. The maximum absolute atomic E-state index is 13.5. The number of para-hydroxylation sites is 2. The molecule has 3 heterocycles. The zero-order valence-corrected chi connectivity index (χ0v) is 18.7. The molecular weight excluding hydrogens is 430 g/mol. The molecule has 170 valence electrons. The van der Waals surface area contributed by atoms with Crippen molar-refractivity contribution in [2.45, 2.75) is 0 Å². The maximum atomic E-state index is 13.5. The van der Waals surface area contributed by atoms with Crippen molar-refractivity contribution in [3.05, 3.63) is 84.3 Å². The smallest absolute Gasteiger partial charge is 0.266 e. The zero-order chi connectivity index (χ0) is 23.5. The molecule has 2 aromatic carbocycles. The van der Waals surface area contributed by atoms with Gasteiger partial charge in [0.05, 0.1) is 17.5 Å². The molecule has 4 aromatic rings. The molecule has 8 nitrogen and oxygen atoms in total. The topological polar surface area (TPSA) is 89.8 Å². The molecule has 1 aliphatic heterocycles. The van der Waals surface area contributed by atoms with E-state index in [0.717, 1.165) is 11.4 Å². The van der Waals surface area contributed by atoms with Crippen molar-refractivity contribution >= 4 is 23.2 Å². The Kier molecular flexibility index (Phi) is 5.75. The van der Waals surface area contributed by atoms with Gasteiger partial charge in [0.15, 0.2) is 5.76 Å². The lowest BCUT2D eigenvalue weighted by Crippen LogP contribution is -2.49. The van der Waals surface area contributed by atoms with Gasteiger partial charge < -0.3 is 23.5 Å². The molecule has 8 heteroatoms. The summed E-state index contributed by atoms with van der Waals surface area (Å²) in [6.07, 6.45) is 1.53. The number of carbonyl (C=O) groups excluding carboxylic acids is 1. The summed E-state index contributed by atoms with van der Waals surface area (Å²) >= 11 is 0. The van der Waals surface area contributed by atoms with Crippen molar-refractivity contribution in [1.29, 1.82) is 5.26 Å². The molecule has 0 aliphatic carbocycles. The van der Waals surface area contributed by atoms with Crippen LogP contribution in [0.3, 0.4) is 0 Å². The predicted molar refractivity (Wildman–Crippen MR) is 128 cm³/mol. The molecule has 1 aliphatic rings. The number of aromatic nitrogens is 1. The van der Waals surface area contributed by atoms with Crippen LogP contribution in [0.25, 0.3) is 11.7 Å². The first-order valence-corrected chi connectivity index (χ1v) is 11.0. The van der Waals surface area contributed by atoms with Gasteiger partial charge in [-0.2, -0.15) is 10.2 Å². The molecule has 0 N–H and O–H groups in total. The number of hydrogen-bond acceptors (Lipinski definition) is 7. The molecule has 0 bridgehead atoms. The van der Waals surface area contributed by atoms with Crippen LogP contribution in [0, 0.1) is 11.3 Å². The van der Waals surface area contributed by atoms with Gasteiger partial charge in [-0.1, -0.05) is 30.3 Å². The lowest BCUT2D eigenvalue weighted by Gasteiger charge is -2.35. The van der Waals surface area contributed by atoms with Crippen LogP contribution in [0.2, 0.25) is 0 Å². The van der Waals surface area contributed by atoms with Crippen molar-refractivity contribution in [3.8, 4) is 17.7 Å². The standard InChI is InChI=1S/C26H23N5O3/c1-29(19-8-3-2-4-9-19)22-11-6-5-10-20(22)25(32)30-13-15-31(16-14-30)26-21(18-27)28-24(34-26)23-12-7-17-33-23/h2-12,17H,13-16H2,1H3. The highest BCUT2D eigenvalue weighted by atomic mass is 16.4. The molecule has 0 radical (unpaired) electrons. The molecular formula is C26H23N5O3. The van der Waals surface area contributed by atoms with E-state index in [1.54, 1.807) is 12.1 Å². The van der Waals surface area contributed by atoms with Gasteiger partial charge in [-0.3, -0.25) is 4.79 Å². The van der Waals surface area contributed by atoms with Crippen LogP contribution in [0.15, 0.2) is 81.8 Å². The quantitative estimate of drug-likeness (QED) is 0.438. The number of hydrogen-bond donors (Lipinski definition) is 0. The average Bonchev–Trinajstić information content (AvgIpc) is 3.59. The number of piperazine rings is 1. The van der Waals surface area contributed by atoms with Crippen LogP contribution >= 0.6 is 0 Å². The Morgan fingerprint density at radius 3 is 2.44 bits per heavy atom. The Hall–Kier alpha value is -4.51. The molecule has 0 spiro atoms. The third-order valence-electron chi connectivity index (χ3n) is 5.94. The number of nitrogens with zero attached hydrogens (tertiary/aromatic N) is 5.